The number of thioether (sulfide) groups is 1. The van der Waals surface area contributed by atoms with Gasteiger partial charge in [-0.3, -0.25) is 9.10 Å². The zero-order valence-electron chi connectivity index (χ0n) is 20.0. The Kier molecular flexibility index (Phi) is 8.50. The van der Waals surface area contributed by atoms with Gasteiger partial charge in [-0.15, -0.1) is 11.3 Å². The molecule has 4 aromatic rings. The van der Waals surface area contributed by atoms with Crippen LogP contribution in [0.25, 0.3) is 10.2 Å². The number of aromatic nitrogens is 1. The Morgan fingerprint density at radius 1 is 1.08 bits per heavy atom. The van der Waals surface area contributed by atoms with E-state index in [1.54, 1.807) is 60.4 Å². The van der Waals surface area contributed by atoms with Crippen LogP contribution in [0.15, 0.2) is 82.0 Å². The molecule has 1 amide bonds. The summed E-state index contributed by atoms with van der Waals surface area (Å²) in [5.74, 6) is 0.943. The van der Waals surface area contributed by atoms with Gasteiger partial charge in [0.05, 0.1) is 33.6 Å². The fourth-order valence-corrected chi connectivity index (χ4v) is 7.25. The maximum Gasteiger partial charge on any atom is 0.264 e. The van der Waals surface area contributed by atoms with E-state index in [1.165, 1.54) is 23.5 Å². The molecule has 1 N–H and O–H groups in total. The average molecular weight is 542 g/mol. The molecule has 0 atom stereocenters. The van der Waals surface area contributed by atoms with Crippen LogP contribution in [0.4, 0.5) is 11.4 Å². The molecule has 0 aliphatic heterocycles. The van der Waals surface area contributed by atoms with E-state index in [1.807, 2.05) is 30.3 Å². The number of amides is 1. The number of rotatable bonds is 11. The Morgan fingerprint density at radius 3 is 2.56 bits per heavy atom. The smallest absolute Gasteiger partial charge is 0.264 e. The number of para-hydroxylation sites is 2. The van der Waals surface area contributed by atoms with Gasteiger partial charge in [-0.05, 0) is 55.8 Å². The van der Waals surface area contributed by atoms with E-state index in [9.17, 15) is 13.2 Å². The summed E-state index contributed by atoms with van der Waals surface area (Å²) in [6.07, 6.45) is 0.952. The lowest BCUT2D eigenvalue weighted by Crippen LogP contribution is -2.30. The lowest BCUT2D eigenvalue weighted by molar-refractivity contribution is -0.116. The van der Waals surface area contributed by atoms with E-state index in [0.717, 1.165) is 20.3 Å². The van der Waals surface area contributed by atoms with Crippen molar-refractivity contribution in [3.8, 4) is 5.75 Å². The molecule has 0 unspecified atom stereocenters. The highest BCUT2D eigenvalue weighted by Gasteiger charge is 2.25. The van der Waals surface area contributed by atoms with Crippen LogP contribution in [0.1, 0.15) is 19.8 Å². The summed E-state index contributed by atoms with van der Waals surface area (Å²) in [6.45, 7) is 2.05. The molecule has 7 nitrogen and oxygen atoms in total. The summed E-state index contributed by atoms with van der Waals surface area (Å²) < 4.78 is 35.6. The number of carbonyl (C=O) groups is 1. The number of ether oxygens (including phenoxy) is 1. The third-order valence-corrected chi connectivity index (χ3v) is 9.58. The van der Waals surface area contributed by atoms with E-state index >= 15 is 0 Å². The van der Waals surface area contributed by atoms with Gasteiger partial charge < -0.3 is 10.1 Å². The third-order valence-electron chi connectivity index (χ3n) is 5.41. The monoisotopic (exact) mass is 541 g/mol. The van der Waals surface area contributed by atoms with Crippen molar-refractivity contribution < 1.29 is 17.9 Å². The molecule has 4 rings (SSSR count). The minimum atomic E-state index is -3.83. The molecule has 10 heteroatoms. The molecule has 36 heavy (non-hydrogen) atoms. The lowest BCUT2D eigenvalue weighted by atomic mass is 10.2. The highest BCUT2D eigenvalue weighted by atomic mass is 32.2. The zero-order valence-corrected chi connectivity index (χ0v) is 22.5. The van der Waals surface area contributed by atoms with Gasteiger partial charge in [0.1, 0.15) is 5.75 Å². The predicted molar refractivity (Wildman–Crippen MR) is 148 cm³/mol. The van der Waals surface area contributed by atoms with Crippen molar-refractivity contribution in [3.63, 3.8) is 0 Å². The van der Waals surface area contributed by atoms with Crippen LogP contribution in [0.2, 0.25) is 0 Å². The fraction of sp³-hybridized carbons (Fsp3) is 0.231. The molecule has 0 spiro atoms. The Hall–Kier alpha value is -3.08. The van der Waals surface area contributed by atoms with Gasteiger partial charge in [0.15, 0.2) is 4.34 Å². The first-order valence-corrected chi connectivity index (χ1v) is 14.7. The number of nitrogens with one attached hydrogen (secondary N) is 1. The molecule has 0 saturated carbocycles. The Labute approximate surface area is 219 Å². The lowest BCUT2D eigenvalue weighted by Gasteiger charge is -2.23. The first-order chi connectivity index (χ1) is 17.4. The van der Waals surface area contributed by atoms with Crippen molar-refractivity contribution in [1.82, 2.24) is 4.98 Å². The number of fused-ring (bicyclic) bond motifs is 1. The number of hydrogen-bond donors (Lipinski definition) is 1. The topological polar surface area (TPSA) is 88.6 Å². The summed E-state index contributed by atoms with van der Waals surface area (Å²) in [7, 11) is -2.35. The molecular formula is C26H27N3O4S3. The van der Waals surface area contributed by atoms with Crippen LogP contribution >= 0.6 is 23.1 Å². The number of thiazole rings is 1. The van der Waals surface area contributed by atoms with Crippen LogP contribution < -0.4 is 14.4 Å². The van der Waals surface area contributed by atoms with Crippen LogP contribution in [0.3, 0.4) is 0 Å². The van der Waals surface area contributed by atoms with E-state index in [-0.39, 0.29) is 17.3 Å². The summed E-state index contributed by atoms with van der Waals surface area (Å²) in [5, 5.41) is 2.82. The van der Waals surface area contributed by atoms with Crippen molar-refractivity contribution in [2.24, 2.45) is 0 Å². The highest BCUT2D eigenvalue weighted by Crippen LogP contribution is 2.32. The standard InChI is InChI=1S/C26H27N3O4S3/c1-3-29(19-10-5-4-6-11-19)36(31,32)20-15-16-23(33-2)22(18-20)27-25(30)14-9-17-34-26-28-21-12-7-8-13-24(21)35-26/h4-8,10-13,15-16,18H,3,9,14,17H2,1-2H3,(H,27,30). The van der Waals surface area contributed by atoms with Gasteiger partial charge in [0, 0.05) is 18.7 Å². The van der Waals surface area contributed by atoms with Crippen molar-refractivity contribution in [3.05, 3.63) is 72.8 Å². The van der Waals surface area contributed by atoms with E-state index in [2.05, 4.69) is 10.3 Å². The number of carbonyl (C=O) groups excluding carboxylic acids is 1. The van der Waals surface area contributed by atoms with Crippen LogP contribution in [0, 0.1) is 0 Å². The van der Waals surface area contributed by atoms with E-state index in [4.69, 9.17) is 4.74 Å². The SMILES string of the molecule is CCN(c1ccccc1)S(=O)(=O)c1ccc(OC)c(NC(=O)CCCSc2nc3ccccc3s2)c1. The van der Waals surface area contributed by atoms with Gasteiger partial charge >= 0.3 is 0 Å². The van der Waals surface area contributed by atoms with Crippen molar-refractivity contribution >= 4 is 60.6 Å². The summed E-state index contributed by atoms with van der Waals surface area (Å²) in [4.78, 5) is 17.3. The number of sulfonamides is 1. The molecule has 1 aromatic heterocycles. The van der Waals surface area contributed by atoms with Crippen molar-refractivity contribution in [2.45, 2.75) is 29.0 Å². The Balaban J connectivity index is 1.40. The highest BCUT2D eigenvalue weighted by molar-refractivity contribution is 8.01. The molecule has 0 bridgehead atoms. The quantitative estimate of drug-likeness (QED) is 0.184. The van der Waals surface area contributed by atoms with Gasteiger partial charge in [-0.1, -0.05) is 42.1 Å². The van der Waals surface area contributed by atoms with Crippen molar-refractivity contribution in [2.75, 3.05) is 29.0 Å². The Morgan fingerprint density at radius 2 is 1.83 bits per heavy atom. The Bertz CT molecular complexity index is 1410. The first-order valence-electron chi connectivity index (χ1n) is 11.5. The first kappa shape index (κ1) is 26.0. The van der Waals surface area contributed by atoms with Gasteiger partial charge in [0.25, 0.3) is 10.0 Å². The van der Waals surface area contributed by atoms with E-state index < -0.39 is 10.0 Å². The van der Waals surface area contributed by atoms with Crippen molar-refractivity contribution in [1.29, 1.82) is 0 Å². The van der Waals surface area contributed by atoms with E-state index in [0.29, 0.717) is 30.0 Å². The molecule has 188 valence electrons. The number of hydrogen-bond acceptors (Lipinski definition) is 7. The van der Waals surface area contributed by atoms with Crippen LogP contribution in [0.5, 0.6) is 5.75 Å². The third kappa shape index (κ3) is 6.00. The second-order valence-electron chi connectivity index (χ2n) is 7.82. The molecule has 1 heterocycles. The molecule has 0 aliphatic carbocycles. The second-order valence-corrected chi connectivity index (χ2v) is 12.1. The fourth-order valence-electron chi connectivity index (χ4n) is 3.68. The maximum atomic E-state index is 13.4. The minimum absolute atomic E-state index is 0.0793. The molecule has 0 saturated heterocycles. The van der Waals surface area contributed by atoms with Gasteiger partial charge in [0.2, 0.25) is 5.91 Å². The predicted octanol–water partition coefficient (Wildman–Crippen LogP) is 6.03. The molecular weight excluding hydrogens is 515 g/mol. The molecule has 0 fully saturated rings. The zero-order chi connectivity index (χ0) is 25.5. The number of benzene rings is 3. The number of anilines is 2. The maximum absolute atomic E-state index is 13.4. The molecule has 3 aromatic carbocycles. The summed E-state index contributed by atoms with van der Waals surface area (Å²) in [5.41, 5.74) is 1.89. The normalized spacial score (nSPS) is 11.4. The minimum Gasteiger partial charge on any atom is -0.495 e. The summed E-state index contributed by atoms with van der Waals surface area (Å²) in [6, 6.07) is 21.4. The number of methoxy groups -OCH3 is 1. The van der Waals surface area contributed by atoms with Gasteiger partial charge in [-0.25, -0.2) is 13.4 Å². The molecule has 0 radical (unpaired) electrons. The summed E-state index contributed by atoms with van der Waals surface area (Å²) >= 11 is 3.27. The largest absolute Gasteiger partial charge is 0.495 e. The average Bonchev–Trinajstić information content (AvgIpc) is 3.30. The second kappa shape index (κ2) is 11.8. The van der Waals surface area contributed by atoms with Crippen LogP contribution in [-0.4, -0.2) is 38.7 Å². The van der Waals surface area contributed by atoms with Crippen LogP contribution in [-0.2, 0) is 14.8 Å². The number of nitrogens with zero attached hydrogens (tertiary/aromatic N) is 2. The van der Waals surface area contributed by atoms with Gasteiger partial charge in [-0.2, -0.15) is 0 Å². The molecule has 0 aliphatic rings.